The van der Waals surface area contributed by atoms with Crippen molar-refractivity contribution in [2.45, 2.75) is 25.7 Å². The van der Waals surface area contributed by atoms with E-state index in [1.54, 1.807) is 0 Å². The van der Waals surface area contributed by atoms with Crippen molar-refractivity contribution in [1.29, 1.82) is 0 Å². The predicted molar refractivity (Wildman–Crippen MR) is 43.3 cm³/mol. The lowest BCUT2D eigenvalue weighted by atomic mass is 9.82. The highest BCUT2D eigenvalue weighted by Gasteiger charge is 2.24. The third kappa shape index (κ3) is 2.19. The largest absolute Gasteiger partial charge is 1.00 e. The van der Waals surface area contributed by atoms with Crippen LogP contribution in [0.5, 0.6) is 0 Å². The second-order valence-corrected chi connectivity index (χ2v) is 3.29. The average molecular weight is 158 g/mol. The Morgan fingerprint density at radius 3 is 2.36 bits per heavy atom. The van der Waals surface area contributed by atoms with Crippen LogP contribution >= 0.6 is 0 Å². The maximum atomic E-state index is 10.5. The number of hydrogen-bond donors (Lipinski definition) is 2. The molecule has 0 aromatic rings. The van der Waals surface area contributed by atoms with Gasteiger partial charge in [-0.05, 0) is 38.1 Å². The van der Waals surface area contributed by atoms with Crippen LogP contribution in [0, 0.1) is 11.8 Å². The zero-order valence-corrected chi connectivity index (χ0v) is 6.62. The van der Waals surface area contributed by atoms with Gasteiger partial charge in [0.15, 0.2) is 0 Å². The number of carboxylic acid groups (broad SMARTS) is 1. The van der Waals surface area contributed by atoms with Gasteiger partial charge in [-0.25, -0.2) is 0 Å². The zero-order valence-electron chi connectivity index (χ0n) is 7.62. The van der Waals surface area contributed by atoms with Gasteiger partial charge in [-0.3, -0.25) is 4.79 Å². The molecule has 0 aliphatic heterocycles. The lowest BCUT2D eigenvalue weighted by Gasteiger charge is -2.24. The summed E-state index contributed by atoms with van der Waals surface area (Å²) >= 11 is 0. The van der Waals surface area contributed by atoms with E-state index in [1.807, 2.05) is 0 Å². The van der Waals surface area contributed by atoms with Gasteiger partial charge < -0.3 is 10.8 Å². The summed E-state index contributed by atoms with van der Waals surface area (Å²) in [6, 6.07) is 0. The normalized spacial score (nSPS) is 31.7. The molecule has 3 N–H and O–H groups in total. The number of carboxylic acids is 1. The number of hydrogen-bond acceptors (Lipinski definition) is 2. The third-order valence-corrected chi connectivity index (χ3v) is 2.53. The Hall–Kier alpha value is -0.570. The monoisotopic (exact) mass is 158 g/mol. The van der Waals surface area contributed by atoms with E-state index in [9.17, 15) is 4.79 Å². The second kappa shape index (κ2) is 3.72. The first-order valence-corrected chi connectivity index (χ1v) is 4.17. The Morgan fingerprint density at radius 1 is 1.45 bits per heavy atom. The van der Waals surface area contributed by atoms with Crippen LogP contribution in [0.1, 0.15) is 27.1 Å². The topological polar surface area (TPSA) is 63.3 Å². The summed E-state index contributed by atoms with van der Waals surface area (Å²) in [5.74, 6) is -0.163. The van der Waals surface area contributed by atoms with Gasteiger partial charge in [-0.2, -0.15) is 0 Å². The molecule has 64 valence electrons. The molecule has 0 bridgehead atoms. The molecule has 1 fully saturated rings. The SMILES string of the molecule is NCC1CCC(C(=O)O)CC1.[H+]. The molecule has 0 unspecified atom stereocenters. The predicted octanol–water partition coefficient (Wildman–Crippen LogP) is 0.949. The van der Waals surface area contributed by atoms with Gasteiger partial charge in [0.05, 0.1) is 5.92 Å². The average Bonchev–Trinajstić information content (AvgIpc) is 2.05. The minimum Gasteiger partial charge on any atom is -0.481 e. The molecule has 0 aromatic heterocycles. The Labute approximate surface area is 68.1 Å². The third-order valence-electron chi connectivity index (χ3n) is 2.53. The van der Waals surface area contributed by atoms with E-state index < -0.39 is 5.97 Å². The number of rotatable bonds is 2. The summed E-state index contributed by atoms with van der Waals surface area (Å²) in [6.07, 6.45) is 3.62. The van der Waals surface area contributed by atoms with Gasteiger partial charge in [-0.1, -0.05) is 0 Å². The molecule has 1 aliphatic carbocycles. The fourth-order valence-electron chi connectivity index (χ4n) is 1.65. The van der Waals surface area contributed by atoms with E-state index >= 15 is 0 Å². The van der Waals surface area contributed by atoms with E-state index in [1.165, 1.54) is 0 Å². The molecule has 0 atom stereocenters. The first kappa shape index (κ1) is 8.53. The number of nitrogens with two attached hydrogens (primary N) is 1. The Kier molecular flexibility index (Phi) is 2.88. The van der Waals surface area contributed by atoms with Crippen LogP contribution < -0.4 is 5.73 Å². The lowest BCUT2D eigenvalue weighted by Crippen LogP contribution is -2.25. The molecule has 0 spiro atoms. The van der Waals surface area contributed by atoms with Crippen molar-refractivity contribution in [1.82, 2.24) is 0 Å². The molecular weight excluding hydrogens is 142 g/mol. The van der Waals surface area contributed by atoms with Crippen LogP contribution in [0.15, 0.2) is 0 Å². The molecule has 0 heterocycles. The van der Waals surface area contributed by atoms with Crippen molar-refractivity contribution >= 4 is 5.97 Å². The molecule has 1 rings (SSSR count). The molecule has 0 amide bonds. The van der Waals surface area contributed by atoms with Crippen LogP contribution in [0.25, 0.3) is 0 Å². The van der Waals surface area contributed by atoms with E-state index in [0.717, 1.165) is 25.7 Å². The van der Waals surface area contributed by atoms with Crippen molar-refractivity contribution in [2.75, 3.05) is 6.54 Å². The molecule has 1 aliphatic rings. The second-order valence-electron chi connectivity index (χ2n) is 3.29. The smallest absolute Gasteiger partial charge is 0.481 e. The van der Waals surface area contributed by atoms with Crippen molar-refractivity contribution in [3.8, 4) is 0 Å². The van der Waals surface area contributed by atoms with Crippen molar-refractivity contribution in [2.24, 2.45) is 17.6 Å². The van der Waals surface area contributed by atoms with Crippen LogP contribution in [-0.4, -0.2) is 17.6 Å². The number of carbonyl (C=O) groups is 1. The molecule has 0 radical (unpaired) electrons. The van der Waals surface area contributed by atoms with Gasteiger partial charge in [0.25, 0.3) is 0 Å². The van der Waals surface area contributed by atoms with Crippen LogP contribution in [0.3, 0.4) is 0 Å². The minimum absolute atomic E-state index is 0. The first-order valence-electron chi connectivity index (χ1n) is 4.17. The molecule has 11 heavy (non-hydrogen) atoms. The minimum atomic E-state index is -0.638. The van der Waals surface area contributed by atoms with Crippen LogP contribution in [0.4, 0.5) is 0 Å². The summed E-state index contributed by atoms with van der Waals surface area (Å²) in [4.78, 5) is 10.5. The van der Waals surface area contributed by atoms with Crippen LogP contribution in [-0.2, 0) is 4.79 Å². The van der Waals surface area contributed by atoms with E-state index in [0.29, 0.717) is 12.5 Å². The molecule has 3 nitrogen and oxygen atoms in total. The highest BCUT2D eigenvalue weighted by atomic mass is 16.4. The number of aliphatic carboxylic acids is 1. The Bertz CT molecular complexity index is 144. The van der Waals surface area contributed by atoms with Gasteiger partial charge >= 0.3 is 7.40 Å². The zero-order chi connectivity index (χ0) is 8.27. The van der Waals surface area contributed by atoms with Gasteiger partial charge in [0, 0.05) is 0 Å². The molecule has 3 heteroatoms. The van der Waals surface area contributed by atoms with E-state index in [2.05, 4.69) is 0 Å². The highest BCUT2D eigenvalue weighted by molar-refractivity contribution is 5.69. The lowest BCUT2D eigenvalue weighted by molar-refractivity contribution is -0.143. The van der Waals surface area contributed by atoms with Crippen molar-refractivity contribution in [3.63, 3.8) is 0 Å². The summed E-state index contributed by atoms with van der Waals surface area (Å²) < 4.78 is 0. The fourth-order valence-corrected chi connectivity index (χ4v) is 1.65. The van der Waals surface area contributed by atoms with Gasteiger partial charge in [0.2, 0.25) is 0 Å². The Morgan fingerprint density at radius 2 is 2.00 bits per heavy atom. The molecule has 0 aromatic carbocycles. The van der Waals surface area contributed by atoms with E-state index in [-0.39, 0.29) is 7.34 Å². The summed E-state index contributed by atoms with van der Waals surface area (Å²) in [5, 5.41) is 8.67. The van der Waals surface area contributed by atoms with Gasteiger partial charge in [0.1, 0.15) is 0 Å². The first-order chi connectivity index (χ1) is 5.24. The molecule has 1 saturated carbocycles. The van der Waals surface area contributed by atoms with Crippen molar-refractivity contribution in [3.05, 3.63) is 0 Å². The summed E-state index contributed by atoms with van der Waals surface area (Å²) in [6.45, 7) is 0.715. The van der Waals surface area contributed by atoms with E-state index in [4.69, 9.17) is 10.8 Å². The summed E-state index contributed by atoms with van der Waals surface area (Å²) in [5.41, 5.74) is 5.48. The highest BCUT2D eigenvalue weighted by Crippen LogP contribution is 2.27. The fraction of sp³-hybridized carbons (Fsp3) is 0.875. The maximum absolute atomic E-state index is 10.5. The summed E-state index contributed by atoms with van der Waals surface area (Å²) in [7, 11) is 0. The molecular formula is C8H16NO2+. The standard InChI is InChI=1S/C8H15NO2/c9-5-6-1-3-7(4-2-6)8(10)11/h6-7H,1-5,9H2,(H,10,11)/p+1. The molecule has 0 saturated heterocycles. The maximum Gasteiger partial charge on any atom is 1.00 e. The van der Waals surface area contributed by atoms with Crippen LogP contribution in [0.2, 0.25) is 0 Å². The van der Waals surface area contributed by atoms with Gasteiger partial charge in [-0.15, -0.1) is 0 Å². The quantitative estimate of drug-likeness (QED) is 0.629. The Balaban J connectivity index is 0.00000121. The van der Waals surface area contributed by atoms with Crippen molar-refractivity contribution < 1.29 is 11.3 Å².